The Morgan fingerprint density at radius 1 is 0.425 bits per heavy atom. The first kappa shape index (κ1) is 75.4. The zero-order valence-electron chi connectivity index (χ0n) is 57.0. The summed E-state index contributed by atoms with van der Waals surface area (Å²) in [6.45, 7) is 40.5. The molecule has 7 N–H and O–H groups in total. The van der Waals surface area contributed by atoms with E-state index in [0.717, 1.165) is 63.8 Å². The maximum Gasteiger partial charge on any atom is 0.117 e. The monoisotopic (exact) mass is 1180 g/mol. The summed E-state index contributed by atoms with van der Waals surface area (Å²) in [6.07, 6.45) is 53.6. The van der Waals surface area contributed by atoms with Gasteiger partial charge in [-0.2, -0.15) is 0 Å². The average Bonchev–Trinajstić information content (AvgIpc) is 0.780. The number of hydrogen-bond donors (Lipinski definition) is 7. The normalized spacial score (nSPS) is 29.2. The number of rotatable bonds is 17. The molecular formula is C80H112O7. The Hall–Kier alpha value is -5.88. The second-order valence-electron chi connectivity index (χ2n) is 28.5. The Balaban J connectivity index is 0.000000455. The lowest BCUT2D eigenvalue weighted by Crippen LogP contribution is -2.65. The fourth-order valence-corrected chi connectivity index (χ4v) is 12.7. The molecule has 0 aromatic heterocycles. The van der Waals surface area contributed by atoms with Crippen LogP contribution in [0.2, 0.25) is 0 Å². The van der Waals surface area contributed by atoms with Crippen LogP contribution >= 0.6 is 0 Å². The maximum absolute atomic E-state index is 11.4. The largest absolute Gasteiger partial charge is 0.393 e. The van der Waals surface area contributed by atoms with E-state index in [9.17, 15) is 35.7 Å². The first-order valence-electron chi connectivity index (χ1n) is 31.3. The van der Waals surface area contributed by atoms with Crippen molar-refractivity contribution in [3.05, 3.63) is 230 Å². The van der Waals surface area contributed by atoms with E-state index in [2.05, 4.69) is 161 Å². The van der Waals surface area contributed by atoms with Gasteiger partial charge in [-0.05, 0) is 161 Å². The number of allylic oxidation sites excluding steroid dienone is 33. The number of hydrogen-bond acceptors (Lipinski definition) is 7. The van der Waals surface area contributed by atoms with E-state index in [1.807, 2.05) is 127 Å². The Morgan fingerprint density at radius 2 is 0.828 bits per heavy atom. The number of aliphatic hydroxyl groups is 7. The van der Waals surface area contributed by atoms with Gasteiger partial charge in [0.05, 0.1) is 35.6 Å². The second kappa shape index (κ2) is 33.1. The first-order valence-corrected chi connectivity index (χ1v) is 31.3. The van der Waals surface area contributed by atoms with Crippen LogP contribution in [-0.4, -0.2) is 77.0 Å². The van der Waals surface area contributed by atoms with E-state index in [-0.39, 0.29) is 34.9 Å². The van der Waals surface area contributed by atoms with E-state index in [1.54, 1.807) is 19.9 Å². The van der Waals surface area contributed by atoms with Crippen LogP contribution in [0.3, 0.4) is 0 Å². The van der Waals surface area contributed by atoms with E-state index < -0.39 is 34.4 Å². The lowest BCUT2D eigenvalue weighted by Gasteiger charge is -2.54. The smallest absolute Gasteiger partial charge is 0.117 e. The first-order chi connectivity index (χ1) is 40.2. The van der Waals surface area contributed by atoms with Crippen LogP contribution in [0.1, 0.15) is 190 Å². The molecule has 0 bridgehead atoms. The fourth-order valence-electron chi connectivity index (χ4n) is 12.7. The molecule has 7 heteroatoms. The molecule has 2 fully saturated rings. The van der Waals surface area contributed by atoms with Crippen LogP contribution in [0, 0.1) is 33.5 Å². The van der Waals surface area contributed by atoms with Crippen molar-refractivity contribution in [3.8, 4) is 11.8 Å². The lowest BCUT2D eigenvalue weighted by atomic mass is 9.57. The third-order valence-corrected chi connectivity index (χ3v) is 17.1. The third-order valence-electron chi connectivity index (χ3n) is 17.1. The standard InChI is InChI=1S/C40H56O4.C40H56O3/c1-29(17-13-19-31(3)21-22-36-33(5)25-34(41)26-37(36,6)7)15-11-12-16-30(2)18-14-20-32(4)23-24-40(44)38(8,9)27-35(42)28-39(40,10)43;1-29(17-13-19-31(3)21-23-36-33(5)25-34(41)26-38(36,6)7)15-11-12-16-30(2)18-14-20-32(4)22-24-37-39(8,9)27-35(42)28-40(37,10)43/h11-20,23-24,34-35,41-44H,25-28H2,1-10H3;11-23,34-35,41-43H,25-28H2,1-10H3. The predicted octanol–water partition coefficient (Wildman–Crippen LogP) is 17.7. The molecule has 4 aliphatic carbocycles. The molecule has 7 nitrogen and oxygen atoms in total. The lowest BCUT2D eigenvalue weighted by molar-refractivity contribution is -0.216. The Kier molecular flexibility index (Phi) is 28.7. The van der Waals surface area contributed by atoms with Crippen LogP contribution in [0.5, 0.6) is 0 Å². The van der Waals surface area contributed by atoms with Crippen LogP contribution in [0.25, 0.3) is 0 Å². The highest BCUT2D eigenvalue weighted by molar-refractivity contribution is 5.46. The molecule has 0 saturated heterocycles. The van der Waals surface area contributed by atoms with Crippen molar-refractivity contribution in [1.82, 2.24) is 0 Å². The molecule has 4 rings (SSSR count). The quantitative estimate of drug-likeness (QED) is 0.0437. The van der Waals surface area contributed by atoms with E-state index in [1.165, 1.54) is 27.9 Å². The maximum atomic E-state index is 11.4. The minimum Gasteiger partial charge on any atom is -0.393 e. The summed E-state index contributed by atoms with van der Waals surface area (Å²) in [5, 5.41) is 73.6. The molecule has 7 atom stereocenters. The van der Waals surface area contributed by atoms with Crippen molar-refractivity contribution in [2.75, 3.05) is 0 Å². The third kappa shape index (κ3) is 24.6. The summed E-state index contributed by atoms with van der Waals surface area (Å²) in [5.41, 5.74) is 12.8. The van der Waals surface area contributed by atoms with Gasteiger partial charge in [-0.3, -0.25) is 0 Å². The molecule has 0 amide bonds. The molecule has 0 heterocycles. The van der Waals surface area contributed by atoms with Crippen molar-refractivity contribution >= 4 is 0 Å². The molecule has 0 radical (unpaired) electrons. The van der Waals surface area contributed by atoms with Gasteiger partial charge >= 0.3 is 0 Å². The van der Waals surface area contributed by atoms with Gasteiger partial charge in [-0.1, -0.05) is 252 Å². The van der Waals surface area contributed by atoms with Gasteiger partial charge in [0.15, 0.2) is 0 Å². The predicted molar refractivity (Wildman–Crippen MR) is 370 cm³/mol. The highest BCUT2D eigenvalue weighted by atomic mass is 16.4. The summed E-state index contributed by atoms with van der Waals surface area (Å²) in [7, 11) is 0. The van der Waals surface area contributed by atoms with Crippen molar-refractivity contribution in [2.45, 2.75) is 231 Å². The van der Waals surface area contributed by atoms with E-state index >= 15 is 0 Å². The SMILES string of the molecule is CC(C#CC1=C(C)CC(O)CC1(C)C)=CC=CC(C)=CC=CC=C(C)C=CC=C(C)C=CC1(O)C(C)(C)CC(O)CC1(C)O.CC(C=C=C1C(C)(C)CC(O)CC1(C)O)=CC=CC(C)=CC=CC=C(C)C=CC=C(C)C=CC1=C(C)CC(O)CC1(C)C. The Morgan fingerprint density at radius 3 is 1.29 bits per heavy atom. The number of aliphatic hydroxyl groups excluding tert-OH is 4. The molecule has 0 aromatic rings. The molecule has 0 spiro atoms. The van der Waals surface area contributed by atoms with E-state index in [0.29, 0.717) is 25.7 Å². The van der Waals surface area contributed by atoms with Crippen molar-refractivity contribution in [2.24, 2.45) is 21.7 Å². The van der Waals surface area contributed by atoms with E-state index in [4.69, 9.17) is 0 Å². The van der Waals surface area contributed by atoms with Crippen LogP contribution in [0.15, 0.2) is 230 Å². The van der Waals surface area contributed by atoms with Gasteiger partial charge in [0, 0.05) is 34.8 Å². The van der Waals surface area contributed by atoms with Crippen LogP contribution in [-0.2, 0) is 0 Å². The average molecular weight is 1190 g/mol. The Labute approximate surface area is 527 Å². The zero-order chi connectivity index (χ0) is 65.8. The van der Waals surface area contributed by atoms with Gasteiger partial charge in [-0.25, -0.2) is 0 Å². The van der Waals surface area contributed by atoms with Gasteiger partial charge in [0.2, 0.25) is 0 Å². The molecule has 2 saturated carbocycles. The van der Waals surface area contributed by atoms with Gasteiger partial charge in [0.1, 0.15) is 5.60 Å². The van der Waals surface area contributed by atoms with Crippen molar-refractivity contribution in [1.29, 1.82) is 0 Å². The molecule has 4 aliphatic rings. The molecule has 474 valence electrons. The minimum absolute atomic E-state index is 0.00390. The minimum atomic E-state index is -1.45. The summed E-state index contributed by atoms with van der Waals surface area (Å²) in [4.78, 5) is 0. The second-order valence-corrected chi connectivity index (χ2v) is 28.5. The van der Waals surface area contributed by atoms with Gasteiger partial charge < -0.3 is 35.7 Å². The highest BCUT2D eigenvalue weighted by Gasteiger charge is 2.58. The van der Waals surface area contributed by atoms with Gasteiger partial charge in [-0.15, -0.1) is 5.73 Å². The van der Waals surface area contributed by atoms with Crippen LogP contribution in [0.4, 0.5) is 0 Å². The fraction of sp³-hybridized carbons (Fsp3) is 0.487. The molecule has 87 heavy (non-hydrogen) atoms. The highest BCUT2D eigenvalue weighted by Crippen LogP contribution is 2.51. The Bertz CT molecular complexity index is 3090. The topological polar surface area (TPSA) is 142 Å². The molecular weight excluding hydrogens is 1070 g/mol. The zero-order valence-corrected chi connectivity index (χ0v) is 57.0. The van der Waals surface area contributed by atoms with Crippen LogP contribution < -0.4 is 0 Å². The van der Waals surface area contributed by atoms with Crippen molar-refractivity contribution < 1.29 is 35.7 Å². The molecule has 0 aromatic carbocycles. The summed E-state index contributed by atoms with van der Waals surface area (Å²) in [5.74, 6) is 6.65. The van der Waals surface area contributed by atoms with Crippen molar-refractivity contribution in [3.63, 3.8) is 0 Å². The van der Waals surface area contributed by atoms with Gasteiger partial charge in [0.25, 0.3) is 0 Å². The summed E-state index contributed by atoms with van der Waals surface area (Å²) >= 11 is 0. The summed E-state index contributed by atoms with van der Waals surface area (Å²) in [6, 6.07) is 0. The molecule has 7 unspecified atom stereocenters. The molecule has 0 aliphatic heterocycles. The summed E-state index contributed by atoms with van der Waals surface area (Å²) < 4.78 is 0.